The van der Waals surface area contributed by atoms with Gasteiger partial charge >= 0.3 is 0 Å². The van der Waals surface area contributed by atoms with Gasteiger partial charge in [-0.2, -0.15) is 0 Å². The minimum atomic E-state index is -3.20. The molecule has 106 valence electrons. The first kappa shape index (κ1) is 14.1. The van der Waals surface area contributed by atoms with Crippen LogP contribution in [0.1, 0.15) is 5.56 Å². The number of aromatic amines is 1. The van der Waals surface area contributed by atoms with E-state index in [2.05, 4.69) is 15.3 Å². The average molecular weight is 294 g/mol. The molecule has 0 fully saturated rings. The summed E-state index contributed by atoms with van der Waals surface area (Å²) in [5, 5.41) is 2.92. The van der Waals surface area contributed by atoms with Gasteiger partial charge in [-0.05, 0) is 17.7 Å². The molecule has 0 amide bonds. The van der Waals surface area contributed by atoms with Gasteiger partial charge in [0.1, 0.15) is 5.69 Å². The lowest BCUT2D eigenvalue weighted by Crippen LogP contribution is -2.16. The second kappa shape index (κ2) is 5.33. The van der Waals surface area contributed by atoms with Crippen molar-refractivity contribution in [2.75, 3.05) is 17.3 Å². The highest BCUT2D eigenvalue weighted by atomic mass is 32.2. The van der Waals surface area contributed by atoms with Crippen LogP contribution in [0.4, 0.5) is 11.5 Å². The maximum absolute atomic E-state index is 11.3. The molecule has 0 atom stereocenters. The predicted molar refractivity (Wildman–Crippen MR) is 76.1 cm³/mol. The van der Waals surface area contributed by atoms with Crippen LogP contribution in [-0.2, 0) is 16.4 Å². The van der Waals surface area contributed by atoms with E-state index in [0.717, 1.165) is 11.8 Å². The van der Waals surface area contributed by atoms with Crippen LogP contribution in [0.3, 0.4) is 0 Å². The molecule has 8 heteroatoms. The molecule has 0 bridgehead atoms. The molecule has 0 spiro atoms. The molecule has 0 saturated carbocycles. The molecule has 2 rings (SSSR count). The number of rotatable bonds is 4. The Balaban J connectivity index is 2.12. The van der Waals surface area contributed by atoms with E-state index in [9.17, 15) is 13.2 Å². The Morgan fingerprint density at radius 2 is 1.95 bits per heavy atom. The summed E-state index contributed by atoms with van der Waals surface area (Å²) in [5.41, 5.74) is 6.03. The van der Waals surface area contributed by atoms with Crippen molar-refractivity contribution in [1.29, 1.82) is 0 Å². The molecule has 1 aromatic heterocycles. The lowest BCUT2D eigenvalue weighted by atomic mass is 10.2. The number of benzene rings is 1. The van der Waals surface area contributed by atoms with Crippen molar-refractivity contribution in [3.05, 3.63) is 46.5 Å². The molecule has 0 unspecified atom stereocenters. The monoisotopic (exact) mass is 294 g/mol. The first-order chi connectivity index (χ1) is 9.38. The number of nitrogens with two attached hydrogens (primary N) is 1. The quantitative estimate of drug-likeness (QED) is 0.749. The Morgan fingerprint density at radius 3 is 2.55 bits per heavy atom. The van der Waals surface area contributed by atoms with E-state index < -0.39 is 15.4 Å². The molecule has 2 aromatic rings. The fourth-order valence-electron chi connectivity index (χ4n) is 1.59. The van der Waals surface area contributed by atoms with E-state index >= 15 is 0 Å². The van der Waals surface area contributed by atoms with Crippen molar-refractivity contribution in [3.63, 3.8) is 0 Å². The Labute approximate surface area is 115 Å². The Morgan fingerprint density at radius 1 is 1.30 bits per heavy atom. The average Bonchev–Trinajstić information content (AvgIpc) is 2.40. The molecule has 20 heavy (non-hydrogen) atoms. The number of anilines is 2. The zero-order valence-electron chi connectivity index (χ0n) is 10.8. The Hall–Kier alpha value is -2.35. The predicted octanol–water partition coefficient (Wildman–Crippen LogP) is 0.368. The van der Waals surface area contributed by atoms with Crippen molar-refractivity contribution in [1.82, 2.24) is 9.97 Å². The summed E-state index contributed by atoms with van der Waals surface area (Å²) in [6, 6.07) is 6.43. The van der Waals surface area contributed by atoms with Crippen molar-refractivity contribution in [3.8, 4) is 0 Å². The molecule has 1 aromatic carbocycles. The highest BCUT2D eigenvalue weighted by Gasteiger charge is 2.07. The number of sulfone groups is 1. The fourth-order valence-corrected chi connectivity index (χ4v) is 2.22. The molecule has 0 saturated heterocycles. The topological polar surface area (TPSA) is 118 Å². The minimum absolute atomic E-state index is 0.0141. The van der Waals surface area contributed by atoms with E-state index in [1.807, 2.05) is 0 Å². The number of nitrogens with one attached hydrogen (secondary N) is 2. The summed E-state index contributed by atoms with van der Waals surface area (Å²) in [7, 11) is -3.20. The van der Waals surface area contributed by atoms with Gasteiger partial charge in [-0.25, -0.2) is 13.4 Å². The molecule has 1 heterocycles. The van der Waals surface area contributed by atoms with Crippen LogP contribution < -0.4 is 16.6 Å². The summed E-state index contributed by atoms with van der Waals surface area (Å²) in [4.78, 5) is 17.8. The zero-order valence-corrected chi connectivity index (χ0v) is 11.6. The van der Waals surface area contributed by atoms with Gasteiger partial charge < -0.3 is 16.0 Å². The highest BCUT2D eigenvalue weighted by Crippen LogP contribution is 2.13. The number of aromatic nitrogens is 2. The molecule has 7 nitrogen and oxygen atoms in total. The van der Waals surface area contributed by atoms with E-state index in [1.165, 1.54) is 18.5 Å². The maximum Gasteiger partial charge on any atom is 0.276 e. The first-order valence-corrected chi connectivity index (χ1v) is 7.63. The third kappa shape index (κ3) is 3.15. The third-order valence-corrected chi connectivity index (χ3v) is 3.83. The van der Waals surface area contributed by atoms with Gasteiger partial charge in [-0.3, -0.25) is 4.79 Å². The second-order valence-electron chi connectivity index (χ2n) is 4.26. The van der Waals surface area contributed by atoms with E-state index in [0.29, 0.717) is 12.4 Å². The normalized spacial score (nSPS) is 11.2. The van der Waals surface area contributed by atoms with Crippen LogP contribution >= 0.6 is 0 Å². The van der Waals surface area contributed by atoms with Crippen molar-refractivity contribution >= 4 is 21.3 Å². The largest absolute Gasteiger partial charge is 0.391 e. The summed E-state index contributed by atoms with van der Waals surface area (Å²) in [6.07, 6.45) is 2.41. The van der Waals surface area contributed by atoms with Crippen LogP contribution in [0.5, 0.6) is 0 Å². The number of hydrogen-bond donors (Lipinski definition) is 3. The molecule has 0 radical (unpaired) electrons. The van der Waals surface area contributed by atoms with Crippen LogP contribution in [0, 0.1) is 0 Å². The Kier molecular flexibility index (Phi) is 3.75. The van der Waals surface area contributed by atoms with Crippen molar-refractivity contribution < 1.29 is 8.42 Å². The number of nitrogens with zero attached hydrogens (tertiary/aromatic N) is 1. The lowest BCUT2D eigenvalue weighted by Gasteiger charge is -2.07. The van der Waals surface area contributed by atoms with Crippen LogP contribution in [-0.4, -0.2) is 24.6 Å². The van der Waals surface area contributed by atoms with Crippen molar-refractivity contribution in [2.24, 2.45) is 0 Å². The number of hydrogen-bond acceptors (Lipinski definition) is 6. The van der Waals surface area contributed by atoms with Crippen LogP contribution in [0.25, 0.3) is 0 Å². The van der Waals surface area contributed by atoms with Gasteiger partial charge in [0.2, 0.25) is 0 Å². The molecular formula is C12H14N4O3S. The number of H-pyrrole nitrogens is 1. The highest BCUT2D eigenvalue weighted by molar-refractivity contribution is 7.90. The zero-order chi connectivity index (χ0) is 14.8. The molecule has 0 aliphatic rings. The van der Waals surface area contributed by atoms with Gasteiger partial charge in [0.05, 0.1) is 11.2 Å². The van der Waals surface area contributed by atoms with E-state index in [-0.39, 0.29) is 10.6 Å². The van der Waals surface area contributed by atoms with Crippen molar-refractivity contribution in [2.45, 2.75) is 11.4 Å². The first-order valence-electron chi connectivity index (χ1n) is 5.74. The smallest absolute Gasteiger partial charge is 0.276 e. The minimum Gasteiger partial charge on any atom is -0.391 e. The third-order valence-electron chi connectivity index (χ3n) is 2.70. The summed E-state index contributed by atoms with van der Waals surface area (Å²) in [5.74, 6) is 0.293. The maximum atomic E-state index is 11.3. The molecule has 0 aliphatic heterocycles. The van der Waals surface area contributed by atoms with Gasteiger partial charge in [0.25, 0.3) is 5.56 Å². The van der Waals surface area contributed by atoms with E-state index in [1.54, 1.807) is 12.1 Å². The van der Waals surface area contributed by atoms with Crippen LogP contribution in [0.2, 0.25) is 0 Å². The Bertz CT molecular complexity index is 766. The number of nitrogen functional groups attached to an aromatic ring is 1. The fraction of sp³-hybridized carbons (Fsp3) is 0.167. The summed E-state index contributed by atoms with van der Waals surface area (Å²) in [6.45, 7) is 0.380. The molecule has 0 aliphatic carbocycles. The van der Waals surface area contributed by atoms with Gasteiger partial charge in [-0.1, -0.05) is 12.1 Å². The van der Waals surface area contributed by atoms with E-state index in [4.69, 9.17) is 5.73 Å². The summed E-state index contributed by atoms with van der Waals surface area (Å²) >= 11 is 0. The lowest BCUT2D eigenvalue weighted by molar-refractivity contribution is 0.602. The van der Waals surface area contributed by atoms with Gasteiger partial charge in [-0.15, -0.1) is 0 Å². The van der Waals surface area contributed by atoms with Gasteiger partial charge in [0, 0.05) is 12.8 Å². The van der Waals surface area contributed by atoms with Gasteiger partial charge in [0.15, 0.2) is 15.7 Å². The van der Waals surface area contributed by atoms with Crippen LogP contribution in [0.15, 0.2) is 40.3 Å². The standard InChI is InChI=1S/C12H14N4O3S/c1-20(18,19)9-4-2-8(3-5-9)6-14-11-10(13)12(17)16-7-15-11/h2-5,7H,6,13H2,1H3,(H2,14,15,16,17). The summed E-state index contributed by atoms with van der Waals surface area (Å²) < 4.78 is 22.7. The second-order valence-corrected chi connectivity index (χ2v) is 6.28. The molecular weight excluding hydrogens is 280 g/mol. The SMILES string of the molecule is CS(=O)(=O)c1ccc(CNc2nc[nH]c(=O)c2N)cc1. The molecule has 4 N–H and O–H groups in total.